The third-order valence-electron chi connectivity index (χ3n) is 4.99. The van der Waals surface area contributed by atoms with Gasteiger partial charge in [-0.2, -0.15) is 0 Å². The summed E-state index contributed by atoms with van der Waals surface area (Å²) in [4.78, 5) is 31.7. The molecule has 6 nitrogen and oxygen atoms in total. The average Bonchev–Trinajstić information content (AvgIpc) is 3.14. The normalized spacial score (nSPS) is 19.0. The molecule has 144 valence electrons. The Bertz CT molecular complexity index is 792. The molecular weight excluding hydrogens is 342 g/mol. The largest absolute Gasteiger partial charge is 0.390 e. The van der Waals surface area contributed by atoms with Gasteiger partial charge in [-0.3, -0.25) is 9.59 Å². The second-order valence-electron chi connectivity index (χ2n) is 8.07. The van der Waals surface area contributed by atoms with Crippen LogP contribution in [0.3, 0.4) is 0 Å². The van der Waals surface area contributed by atoms with Gasteiger partial charge in [-0.05, 0) is 42.7 Å². The number of hydrogen-bond donors (Lipinski definition) is 1. The molecule has 1 unspecified atom stereocenters. The lowest BCUT2D eigenvalue weighted by Gasteiger charge is -2.29. The summed E-state index contributed by atoms with van der Waals surface area (Å²) in [6, 6.07) is 5.48. The van der Waals surface area contributed by atoms with Gasteiger partial charge in [0.15, 0.2) is 0 Å². The Balaban J connectivity index is 1.62. The van der Waals surface area contributed by atoms with Gasteiger partial charge in [0.2, 0.25) is 5.91 Å². The highest BCUT2D eigenvalue weighted by Crippen LogP contribution is 2.28. The van der Waals surface area contributed by atoms with Crippen molar-refractivity contribution < 1.29 is 14.4 Å². The Kier molecular flexibility index (Phi) is 5.35. The van der Waals surface area contributed by atoms with Crippen molar-refractivity contribution in [1.82, 2.24) is 5.32 Å². The first kappa shape index (κ1) is 19.1. The summed E-state index contributed by atoms with van der Waals surface area (Å²) in [6.45, 7) is 11.0. The molecule has 2 aliphatic heterocycles. The molecule has 3 rings (SSSR count). The van der Waals surface area contributed by atoms with Crippen LogP contribution in [-0.2, 0) is 16.1 Å². The van der Waals surface area contributed by atoms with Crippen LogP contribution >= 0.6 is 0 Å². The van der Waals surface area contributed by atoms with Crippen LogP contribution in [-0.4, -0.2) is 36.7 Å². The van der Waals surface area contributed by atoms with Gasteiger partial charge in [-0.25, -0.2) is 0 Å². The van der Waals surface area contributed by atoms with Gasteiger partial charge in [-0.1, -0.05) is 32.5 Å². The second-order valence-corrected chi connectivity index (χ2v) is 8.07. The zero-order valence-corrected chi connectivity index (χ0v) is 16.2. The van der Waals surface area contributed by atoms with E-state index in [1.54, 1.807) is 11.0 Å². The number of rotatable bonds is 4. The van der Waals surface area contributed by atoms with Gasteiger partial charge in [0.1, 0.15) is 6.10 Å². The highest BCUT2D eigenvalue weighted by molar-refractivity contribution is 6.02. The number of amides is 2. The fraction of sp³-hybridized carbons (Fsp3) is 0.476. The summed E-state index contributed by atoms with van der Waals surface area (Å²) in [5.74, 6) is -0.251. The van der Waals surface area contributed by atoms with Crippen molar-refractivity contribution in [2.75, 3.05) is 18.0 Å². The number of benzene rings is 1. The zero-order valence-electron chi connectivity index (χ0n) is 16.2. The number of nitrogens with one attached hydrogen (secondary N) is 1. The Morgan fingerprint density at radius 2 is 2.19 bits per heavy atom. The average molecular weight is 369 g/mol. The predicted molar refractivity (Wildman–Crippen MR) is 106 cm³/mol. The number of oxime groups is 1. The lowest BCUT2D eigenvalue weighted by molar-refractivity contribution is -0.114. The van der Waals surface area contributed by atoms with Gasteiger partial charge < -0.3 is 15.1 Å². The van der Waals surface area contributed by atoms with Crippen molar-refractivity contribution in [3.05, 3.63) is 42.0 Å². The molecule has 0 spiro atoms. The Morgan fingerprint density at radius 3 is 2.85 bits per heavy atom. The number of aryl methyl sites for hydroxylation is 1. The maximum Gasteiger partial charge on any atom is 0.251 e. The number of hydrogen-bond acceptors (Lipinski definition) is 4. The van der Waals surface area contributed by atoms with Crippen molar-refractivity contribution in [3.8, 4) is 0 Å². The van der Waals surface area contributed by atoms with Crippen LogP contribution in [0.2, 0.25) is 0 Å². The van der Waals surface area contributed by atoms with Crippen LogP contribution < -0.4 is 10.2 Å². The molecule has 6 heteroatoms. The second kappa shape index (κ2) is 7.55. The zero-order chi connectivity index (χ0) is 19.6. The Morgan fingerprint density at radius 1 is 1.41 bits per heavy atom. The SMILES string of the molecule is C=CC(=O)N1CCCc2cc(C(=O)NCC3CC(C(C)(C)C)=NO3)ccc21. The van der Waals surface area contributed by atoms with Crippen LogP contribution in [0.5, 0.6) is 0 Å². The molecule has 1 aromatic carbocycles. The molecule has 1 aromatic rings. The lowest BCUT2D eigenvalue weighted by Crippen LogP contribution is -2.35. The van der Waals surface area contributed by atoms with E-state index < -0.39 is 0 Å². The molecule has 0 aromatic heterocycles. The minimum Gasteiger partial charge on any atom is -0.390 e. The number of carbonyl (C=O) groups is 2. The summed E-state index contributed by atoms with van der Waals surface area (Å²) < 4.78 is 0. The summed E-state index contributed by atoms with van der Waals surface area (Å²) in [6.07, 6.45) is 3.66. The van der Waals surface area contributed by atoms with E-state index in [-0.39, 0.29) is 23.3 Å². The first-order valence-corrected chi connectivity index (χ1v) is 9.38. The van der Waals surface area contributed by atoms with E-state index in [9.17, 15) is 9.59 Å². The van der Waals surface area contributed by atoms with E-state index >= 15 is 0 Å². The summed E-state index contributed by atoms with van der Waals surface area (Å²) >= 11 is 0. The minimum absolute atomic E-state index is 0.0218. The van der Waals surface area contributed by atoms with Crippen LogP contribution in [0.15, 0.2) is 36.0 Å². The number of carbonyl (C=O) groups excluding carboxylic acids is 2. The molecule has 0 radical (unpaired) electrons. The number of anilines is 1. The highest BCUT2D eigenvalue weighted by Gasteiger charge is 2.29. The van der Waals surface area contributed by atoms with Crippen LogP contribution in [0.25, 0.3) is 0 Å². The van der Waals surface area contributed by atoms with Gasteiger partial charge >= 0.3 is 0 Å². The van der Waals surface area contributed by atoms with Crippen LogP contribution in [0.4, 0.5) is 5.69 Å². The molecule has 2 heterocycles. The van der Waals surface area contributed by atoms with E-state index in [1.165, 1.54) is 6.08 Å². The summed E-state index contributed by atoms with van der Waals surface area (Å²) in [5.41, 5.74) is 3.47. The smallest absolute Gasteiger partial charge is 0.251 e. The molecular formula is C21H27N3O3. The molecule has 1 N–H and O–H groups in total. The number of nitrogens with zero attached hydrogens (tertiary/aromatic N) is 2. The summed E-state index contributed by atoms with van der Waals surface area (Å²) in [5, 5.41) is 7.08. The van der Waals surface area contributed by atoms with E-state index in [0.29, 0.717) is 18.7 Å². The van der Waals surface area contributed by atoms with Crippen molar-refractivity contribution >= 4 is 23.2 Å². The topological polar surface area (TPSA) is 71.0 Å². The van der Waals surface area contributed by atoms with Crippen molar-refractivity contribution in [3.63, 3.8) is 0 Å². The first-order valence-electron chi connectivity index (χ1n) is 9.38. The molecule has 27 heavy (non-hydrogen) atoms. The van der Waals surface area contributed by atoms with Crippen LogP contribution in [0.1, 0.15) is 49.5 Å². The van der Waals surface area contributed by atoms with Crippen molar-refractivity contribution in [1.29, 1.82) is 0 Å². The fourth-order valence-electron chi connectivity index (χ4n) is 3.37. The minimum atomic E-state index is -0.141. The quantitative estimate of drug-likeness (QED) is 0.829. The maximum absolute atomic E-state index is 12.5. The fourth-order valence-corrected chi connectivity index (χ4v) is 3.37. The standard InChI is InChI=1S/C21H27N3O3/c1-5-19(25)24-10-6-7-14-11-15(8-9-17(14)24)20(26)22-13-16-12-18(23-27-16)21(2,3)4/h5,8-9,11,16H,1,6-7,10,12-13H2,2-4H3,(H,22,26). The van der Waals surface area contributed by atoms with Crippen molar-refractivity contribution in [2.45, 2.75) is 46.1 Å². The Hall–Kier alpha value is -2.63. The van der Waals surface area contributed by atoms with Crippen LogP contribution in [0, 0.1) is 5.41 Å². The maximum atomic E-state index is 12.5. The predicted octanol–water partition coefficient (Wildman–Crippen LogP) is 3.07. The van der Waals surface area contributed by atoms with E-state index in [0.717, 1.165) is 36.2 Å². The third-order valence-corrected chi connectivity index (χ3v) is 4.99. The molecule has 0 aliphatic carbocycles. The summed E-state index contributed by atoms with van der Waals surface area (Å²) in [7, 11) is 0. The monoisotopic (exact) mass is 369 g/mol. The van der Waals surface area contributed by atoms with Crippen molar-refractivity contribution in [2.24, 2.45) is 10.6 Å². The van der Waals surface area contributed by atoms with E-state index in [1.807, 2.05) is 12.1 Å². The first-order chi connectivity index (χ1) is 12.8. The molecule has 0 saturated carbocycles. The third kappa shape index (κ3) is 4.21. The number of fused-ring (bicyclic) bond motifs is 1. The molecule has 2 amide bonds. The highest BCUT2D eigenvalue weighted by atomic mass is 16.6. The molecule has 0 bridgehead atoms. The van der Waals surface area contributed by atoms with E-state index in [4.69, 9.17) is 4.84 Å². The molecule has 0 saturated heterocycles. The molecule has 0 fully saturated rings. The van der Waals surface area contributed by atoms with Gasteiger partial charge in [0.05, 0.1) is 12.3 Å². The van der Waals surface area contributed by atoms with Gasteiger partial charge in [-0.15, -0.1) is 0 Å². The van der Waals surface area contributed by atoms with Gasteiger partial charge in [0.25, 0.3) is 5.91 Å². The van der Waals surface area contributed by atoms with E-state index in [2.05, 4.69) is 37.8 Å². The molecule has 1 atom stereocenters. The van der Waals surface area contributed by atoms with Gasteiger partial charge in [0, 0.05) is 29.6 Å². The molecule has 2 aliphatic rings. The lowest BCUT2D eigenvalue weighted by atomic mass is 9.87. The Labute approximate surface area is 160 Å².